The van der Waals surface area contributed by atoms with Crippen LogP contribution in [0.25, 0.3) is 0 Å². The largest absolute Gasteiger partial charge is 0.461 e. The van der Waals surface area contributed by atoms with E-state index in [0.29, 0.717) is 13.0 Å². The molecule has 0 N–H and O–H groups in total. The highest BCUT2D eigenvalue weighted by Gasteiger charge is 2.12. The van der Waals surface area contributed by atoms with Gasteiger partial charge in [0.05, 0.1) is 5.92 Å². The van der Waals surface area contributed by atoms with Crippen LogP contribution in [0.1, 0.15) is 13.3 Å². The van der Waals surface area contributed by atoms with Crippen molar-refractivity contribution in [3.05, 3.63) is 47.6 Å². The molecule has 0 aliphatic heterocycles. The maximum atomic E-state index is 11.1. The molecule has 0 radical (unpaired) electrons. The minimum atomic E-state index is -0.170. The summed E-state index contributed by atoms with van der Waals surface area (Å²) in [7, 11) is 0. The molecule has 2 aliphatic rings. The summed E-state index contributed by atoms with van der Waals surface area (Å²) in [5.74, 6) is 6.10. The van der Waals surface area contributed by atoms with Gasteiger partial charge in [-0.15, -0.1) is 0 Å². The third kappa shape index (κ3) is 2.98. The Balaban J connectivity index is 2.05. The molecule has 1 unspecified atom stereocenters. The van der Waals surface area contributed by atoms with E-state index in [0.717, 1.165) is 11.1 Å². The lowest BCUT2D eigenvalue weighted by atomic mass is 9.92. The fourth-order valence-corrected chi connectivity index (χ4v) is 1.67. The van der Waals surface area contributed by atoms with Crippen LogP contribution in [0.2, 0.25) is 0 Å². The van der Waals surface area contributed by atoms with Gasteiger partial charge in [-0.2, -0.15) is 0 Å². The summed E-state index contributed by atoms with van der Waals surface area (Å²) in [5, 5.41) is 0. The van der Waals surface area contributed by atoms with Crippen LogP contribution >= 0.6 is 0 Å². The molecule has 0 saturated heterocycles. The first-order chi connectivity index (χ1) is 8.29. The fraction of sp³-hybridized carbons (Fsp3) is 0.267. The van der Waals surface area contributed by atoms with E-state index in [1.807, 2.05) is 36.5 Å². The molecule has 0 spiro atoms. The highest BCUT2D eigenvalue weighted by Crippen LogP contribution is 2.23. The predicted molar refractivity (Wildman–Crippen MR) is 67.0 cm³/mol. The fourth-order valence-electron chi connectivity index (χ4n) is 1.67. The molecule has 2 nitrogen and oxygen atoms in total. The number of hydrogen-bond donors (Lipinski definition) is 0. The van der Waals surface area contributed by atoms with Crippen LogP contribution in [-0.4, -0.2) is 12.6 Å². The molecule has 0 saturated carbocycles. The Labute approximate surface area is 101 Å². The van der Waals surface area contributed by atoms with Crippen molar-refractivity contribution in [1.82, 2.24) is 0 Å². The van der Waals surface area contributed by atoms with Crippen molar-refractivity contribution in [1.29, 1.82) is 0 Å². The highest BCUT2D eigenvalue weighted by atomic mass is 16.5. The van der Waals surface area contributed by atoms with Gasteiger partial charge in [0, 0.05) is 6.42 Å². The molecule has 0 heterocycles. The van der Waals surface area contributed by atoms with Crippen molar-refractivity contribution in [2.24, 2.45) is 5.92 Å². The van der Waals surface area contributed by atoms with Crippen LogP contribution < -0.4 is 0 Å². The zero-order valence-electron chi connectivity index (χ0n) is 9.77. The van der Waals surface area contributed by atoms with Gasteiger partial charge in [0.25, 0.3) is 0 Å². The average molecular weight is 226 g/mol. The number of rotatable bonds is 3. The maximum absolute atomic E-state index is 11.1. The molecule has 86 valence electrons. The van der Waals surface area contributed by atoms with E-state index in [2.05, 4.69) is 11.8 Å². The number of esters is 1. The number of carbonyl (C=O) groups excluding carboxylic acids is 1. The summed E-state index contributed by atoms with van der Waals surface area (Å²) < 4.78 is 5.10. The molecule has 0 bridgehead atoms. The van der Waals surface area contributed by atoms with E-state index in [9.17, 15) is 4.79 Å². The molecule has 0 aromatic rings. The Kier molecular flexibility index (Phi) is 3.62. The molecule has 17 heavy (non-hydrogen) atoms. The molecule has 2 aliphatic carbocycles. The third-order valence-corrected chi connectivity index (χ3v) is 2.61. The lowest BCUT2D eigenvalue weighted by Crippen LogP contribution is -2.08. The van der Waals surface area contributed by atoms with Gasteiger partial charge in [-0.05, 0) is 17.2 Å². The van der Waals surface area contributed by atoms with E-state index < -0.39 is 0 Å². The van der Waals surface area contributed by atoms with Gasteiger partial charge in [0.1, 0.15) is 6.61 Å². The summed E-state index contributed by atoms with van der Waals surface area (Å²) in [4.78, 5) is 11.1. The quantitative estimate of drug-likeness (QED) is 0.546. The van der Waals surface area contributed by atoms with Crippen molar-refractivity contribution in [2.75, 3.05) is 6.61 Å². The van der Waals surface area contributed by atoms with Gasteiger partial charge >= 0.3 is 5.97 Å². The molecular formula is C15H14O2. The van der Waals surface area contributed by atoms with Gasteiger partial charge in [0.2, 0.25) is 0 Å². The first-order valence-corrected chi connectivity index (χ1v) is 5.72. The van der Waals surface area contributed by atoms with Crippen LogP contribution in [0.5, 0.6) is 0 Å². The number of allylic oxidation sites excluding steroid dienone is 6. The second-order valence-corrected chi connectivity index (χ2v) is 3.88. The van der Waals surface area contributed by atoms with E-state index in [-0.39, 0.29) is 11.9 Å². The second kappa shape index (κ2) is 5.36. The van der Waals surface area contributed by atoms with Crippen LogP contribution in [0.4, 0.5) is 0 Å². The normalized spacial score (nSPS) is 20.4. The molecule has 1 atom stereocenters. The number of fused-ring (bicyclic) bond motifs is 1. The van der Waals surface area contributed by atoms with Crippen molar-refractivity contribution in [3.63, 3.8) is 0 Å². The Morgan fingerprint density at radius 1 is 1.53 bits per heavy atom. The van der Waals surface area contributed by atoms with Gasteiger partial charge in [0.15, 0.2) is 0 Å². The topological polar surface area (TPSA) is 26.3 Å². The van der Waals surface area contributed by atoms with Gasteiger partial charge in [-0.3, -0.25) is 4.79 Å². The molecule has 2 heteroatoms. The van der Waals surface area contributed by atoms with E-state index >= 15 is 0 Å². The van der Waals surface area contributed by atoms with Crippen molar-refractivity contribution >= 4 is 5.97 Å². The average Bonchev–Trinajstić information content (AvgIpc) is 2.60. The molecule has 0 amide bonds. The Morgan fingerprint density at radius 3 is 3.24 bits per heavy atom. The zero-order chi connectivity index (χ0) is 12.1. The van der Waals surface area contributed by atoms with E-state index in [4.69, 9.17) is 4.74 Å². The minimum Gasteiger partial charge on any atom is -0.461 e. The zero-order valence-corrected chi connectivity index (χ0v) is 9.77. The molecular weight excluding hydrogens is 212 g/mol. The molecule has 0 fully saturated rings. The molecule has 0 aromatic heterocycles. The lowest BCUT2D eigenvalue weighted by molar-refractivity contribution is -0.142. The van der Waals surface area contributed by atoms with E-state index in [1.54, 1.807) is 6.92 Å². The highest BCUT2D eigenvalue weighted by molar-refractivity contribution is 5.69. The summed E-state index contributed by atoms with van der Waals surface area (Å²) in [6.07, 6.45) is 12.3. The predicted octanol–water partition coefficient (Wildman–Crippen LogP) is 2.55. The summed E-state index contributed by atoms with van der Waals surface area (Å²) >= 11 is 0. The smallest absolute Gasteiger partial charge is 0.305 e. The summed E-state index contributed by atoms with van der Waals surface area (Å²) in [6, 6.07) is 0. The van der Waals surface area contributed by atoms with Crippen LogP contribution in [0.15, 0.2) is 47.6 Å². The van der Waals surface area contributed by atoms with Crippen molar-refractivity contribution < 1.29 is 9.53 Å². The molecule has 2 rings (SSSR count). The number of carbonyl (C=O) groups is 1. The SMILES string of the molecule is CCC(=O)OCC1=CC2=CC=CC#CC2C=C1. The monoisotopic (exact) mass is 226 g/mol. The number of hydrogen-bond acceptors (Lipinski definition) is 2. The second-order valence-electron chi connectivity index (χ2n) is 3.88. The number of ether oxygens (including phenoxy) is 1. The Hall–Kier alpha value is -2.01. The van der Waals surface area contributed by atoms with Crippen molar-refractivity contribution in [2.45, 2.75) is 13.3 Å². The Bertz CT molecular complexity index is 493. The van der Waals surface area contributed by atoms with Crippen LogP contribution in [0, 0.1) is 17.8 Å². The van der Waals surface area contributed by atoms with Gasteiger partial charge < -0.3 is 4.74 Å². The summed E-state index contributed by atoms with van der Waals surface area (Å²) in [5.41, 5.74) is 2.16. The Morgan fingerprint density at radius 2 is 2.41 bits per heavy atom. The van der Waals surface area contributed by atoms with Crippen LogP contribution in [-0.2, 0) is 9.53 Å². The van der Waals surface area contributed by atoms with Gasteiger partial charge in [-0.25, -0.2) is 0 Å². The van der Waals surface area contributed by atoms with Crippen LogP contribution in [0.3, 0.4) is 0 Å². The maximum Gasteiger partial charge on any atom is 0.305 e. The summed E-state index contributed by atoms with van der Waals surface area (Å²) in [6.45, 7) is 2.13. The first kappa shape index (κ1) is 11.5. The lowest BCUT2D eigenvalue weighted by Gasteiger charge is -2.14. The van der Waals surface area contributed by atoms with E-state index in [1.165, 1.54) is 0 Å². The first-order valence-electron chi connectivity index (χ1n) is 5.72. The van der Waals surface area contributed by atoms with Gasteiger partial charge in [-0.1, -0.05) is 49.1 Å². The third-order valence-electron chi connectivity index (χ3n) is 2.61. The molecule has 0 aromatic carbocycles. The minimum absolute atomic E-state index is 0.163. The van der Waals surface area contributed by atoms with Crippen molar-refractivity contribution in [3.8, 4) is 11.8 Å². The standard InChI is InChI=1S/C15H14O2/c1-2-15(16)17-11-12-8-9-13-6-4-3-5-7-14(13)10-12/h3,5,7-10,13H,2,11H2,1H3.